The van der Waals surface area contributed by atoms with Crippen molar-refractivity contribution in [3.63, 3.8) is 0 Å². The molecule has 2 aromatic rings. The van der Waals surface area contributed by atoms with Gasteiger partial charge in [-0.2, -0.15) is 0 Å². The van der Waals surface area contributed by atoms with E-state index in [0.717, 1.165) is 0 Å². The van der Waals surface area contributed by atoms with Crippen LogP contribution >= 0.6 is 0 Å². The minimum Gasteiger partial charge on any atom is -0.493 e. The van der Waals surface area contributed by atoms with Crippen molar-refractivity contribution in [2.45, 2.75) is 58.0 Å². The van der Waals surface area contributed by atoms with Crippen molar-refractivity contribution in [1.82, 2.24) is 0 Å². The van der Waals surface area contributed by atoms with Gasteiger partial charge in [-0.1, -0.05) is 25.1 Å². The molecule has 0 radical (unpaired) electrons. The van der Waals surface area contributed by atoms with E-state index in [2.05, 4.69) is 0 Å². The van der Waals surface area contributed by atoms with Crippen LogP contribution in [-0.4, -0.2) is 62.2 Å². The summed E-state index contributed by atoms with van der Waals surface area (Å²) >= 11 is 0. The molecule has 1 fully saturated rings. The first kappa shape index (κ1) is 27.7. The predicted octanol–water partition coefficient (Wildman–Crippen LogP) is 3.18. The molecule has 0 bridgehead atoms. The Kier molecular flexibility index (Phi) is 8.27. The molecule has 4 rings (SSSR count). The molecule has 1 heterocycles. The molecule has 0 N–H and O–H groups in total. The summed E-state index contributed by atoms with van der Waals surface area (Å²) in [5.41, 5.74) is 0.838. The molecule has 0 unspecified atom stereocenters. The van der Waals surface area contributed by atoms with Crippen molar-refractivity contribution < 1.29 is 52.3 Å². The van der Waals surface area contributed by atoms with Crippen LogP contribution in [0.1, 0.15) is 49.5 Å². The summed E-state index contributed by atoms with van der Waals surface area (Å²) in [6.45, 7) is 5.33. The zero-order valence-electron chi connectivity index (χ0n) is 22.2. The largest absolute Gasteiger partial charge is 0.493 e. The molecule has 11 nitrogen and oxygen atoms in total. The van der Waals surface area contributed by atoms with E-state index < -0.39 is 60.1 Å². The average Bonchev–Trinajstić information content (AvgIpc) is 3.36. The Morgan fingerprint density at radius 2 is 1.36 bits per heavy atom. The van der Waals surface area contributed by atoms with Crippen LogP contribution in [0.15, 0.2) is 42.5 Å². The van der Waals surface area contributed by atoms with Crippen LogP contribution in [0.5, 0.6) is 17.2 Å². The van der Waals surface area contributed by atoms with E-state index in [1.54, 1.807) is 49.4 Å². The quantitative estimate of drug-likeness (QED) is 0.377. The van der Waals surface area contributed by atoms with Crippen LogP contribution < -0.4 is 14.2 Å². The van der Waals surface area contributed by atoms with Gasteiger partial charge in [-0.05, 0) is 29.8 Å². The highest BCUT2D eigenvalue weighted by Crippen LogP contribution is 2.49. The van der Waals surface area contributed by atoms with Crippen molar-refractivity contribution in [2.75, 3.05) is 13.9 Å². The van der Waals surface area contributed by atoms with Crippen LogP contribution in [0, 0.1) is 5.92 Å². The number of carbonyl (C=O) groups is 4. The molecule has 2 aliphatic rings. The molecule has 39 heavy (non-hydrogen) atoms. The normalized spacial score (nSPS) is 25.3. The zero-order valence-corrected chi connectivity index (χ0v) is 22.2. The number of methoxy groups -OCH3 is 1. The molecular weight excluding hydrogens is 512 g/mol. The van der Waals surface area contributed by atoms with Gasteiger partial charge in [0.25, 0.3) is 0 Å². The van der Waals surface area contributed by atoms with E-state index in [9.17, 15) is 19.2 Å². The molecule has 1 saturated carbocycles. The Hall–Kier alpha value is -4.28. The van der Waals surface area contributed by atoms with Gasteiger partial charge in [-0.25, -0.2) is 4.79 Å². The maximum Gasteiger partial charge on any atom is 0.338 e. The third-order valence-corrected chi connectivity index (χ3v) is 6.63. The third-order valence-electron chi connectivity index (χ3n) is 6.63. The van der Waals surface area contributed by atoms with E-state index in [1.807, 2.05) is 0 Å². The van der Waals surface area contributed by atoms with E-state index in [1.165, 1.54) is 27.9 Å². The van der Waals surface area contributed by atoms with Crippen molar-refractivity contribution in [3.8, 4) is 17.2 Å². The number of esters is 4. The zero-order chi connectivity index (χ0) is 28.3. The van der Waals surface area contributed by atoms with Gasteiger partial charge in [-0.15, -0.1) is 0 Å². The van der Waals surface area contributed by atoms with Crippen molar-refractivity contribution >= 4 is 23.9 Å². The van der Waals surface area contributed by atoms with Crippen LogP contribution in [0.4, 0.5) is 0 Å². The summed E-state index contributed by atoms with van der Waals surface area (Å²) in [5, 5.41) is 0. The Morgan fingerprint density at radius 3 is 1.95 bits per heavy atom. The second-order valence-corrected chi connectivity index (χ2v) is 9.30. The van der Waals surface area contributed by atoms with Crippen molar-refractivity contribution in [3.05, 3.63) is 53.6 Å². The summed E-state index contributed by atoms with van der Waals surface area (Å²) in [7, 11) is 1.47. The predicted molar refractivity (Wildman–Crippen MR) is 133 cm³/mol. The van der Waals surface area contributed by atoms with Crippen molar-refractivity contribution in [1.29, 1.82) is 0 Å². The van der Waals surface area contributed by atoms with Gasteiger partial charge >= 0.3 is 23.9 Å². The molecule has 1 aliphatic heterocycles. The van der Waals surface area contributed by atoms with Gasteiger partial charge in [0.1, 0.15) is 12.2 Å². The third kappa shape index (κ3) is 5.92. The SMILES string of the molecule is COc1cc([C@@H]2[C@@H](C)[C@H](OC(C)=O)[C@H](OC(C)=O)[C@@H](OC(C)=O)[C@@H]2OC(=O)c2ccccc2)cc2c1OCO2. The highest BCUT2D eigenvalue weighted by molar-refractivity contribution is 5.89. The van der Waals surface area contributed by atoms with Crippen molar-refractivity contribution in [2.24, 2.45) is 5.92 Å². The number of rotatable bonds is 7. The van der Waals surface area contributed by atoms with E-state index in [4.69, 9.17) is 33.2 Å². The second-order valence-electron chi connectivity index (χ2n) is 9.30. The highest BCUT2D eigenvalue weighted by Gasteiger charge is 2.56. The summed E-state index contributed by atoms with van der Waals surface area (Å²) in [4.78, 5) is 49.9. The monoisotopic (exact) mass is 542 g/mol. The Balaban J connectivity index is 1.88. The molecule has 6 atom stereocenters. The molecular formula is C28H30O11. The summed E-state index contributed by atoms with van der Waals surface area (Å²) < 4.78 is 39.5. The van der Waals surface area contributed by atoms with E-state index in [0.29, 0.717) is 22.8 Å². The highest BCUT2D eigenvalue weighted by atomic mass is 16.7. The maximum atomic E-state index is 13.3. The smallest absolute Gasteiger partial charge is 0.338 e. The minimum atomic E-state index is -1.32. The average molecular weight is 543 g/mol. The number of ether oxygens (including phenoxy) is 7. The molecule has 0 aromatic heterocycles. The van der Waals surface area contributed by atoms with Crippen LogP contribution in [0.3, 0.4) is 0 Å². The fraction of sp³-hybridized carbons (Fsp3) is 0.429. The van der Waals surface area contributed by atoms with Gasteiger partial charge in [0.2, 0.25) is 12.5 Å². The first-order valence-corrected chi connectivity index (χ1v) is 12.4. The number of benzene rings is 2. The maximum absolute atomic E-state index is 13.3. The molecule has 0 spiro atoms. The molecule has 0 amide bonds. The van der Waals surface area contributed by atoms with Gasteiger partial charge in [-0.3, -0.25) is 14.4 Å². The Morgan fingerprint density at radius 1 is 0.769 bits per heavy atom. The molecule has 11 heteroatoms. The lowest BCUT2D eigenvalue weighted by atomic mass is 9.69. The lowest BCUT2D eigenvalue weighted by molar-refractivity contribution is -0.215. The number of carbonyl (C=O) groups excluding carboxylic acids is 4. The number of hydrogen-bond donors (Lipinski definition) is 0. The van der Waals surface area contributed by atoms with Crippen LogP contribution in [0.25, 0.3) is 0 Å². The first-order chi connectivity index (χ1) is 18.6. The lowest BCUT2D eigenvalue weighted by Gasteiger charge is -2.48. The molecule has 1 aliphatic carbocycles. The minimum absolute atomic E-state index is 0.0114. The molecule has 0 saturated heterocycles. The number of hydrogen-bond acceptors (Lipinski definition) is 11. The standard InChI is InChI=1S/C28H30O11/c1-14-22(19-11-20(33-5)24-21(12-19)34-13-35-24)25(39-28(32)18-9-7-6-8-10-18)27(38-17(4)31)26(37-16(3)30)23(14)36-15(2)29/h6-12,14,22-23,25-27H,13H2,1-5H3/t14-,22+,23+,25-,26+,27+/m1/s1. The van der Waals surface area contributed by atoms with Gasteiger partial charge < -0.3 is 33.2 Å². The lowest BCUT2D eigenvalue weighted by Crippen LogP contribution is -2.61. The van der Waals surface area contributed by atoms with Crippen LogP contribution in [-0.2, 0) is 33.3 Å². The molecule has 2 aromatic carbocycles. The van der Waals surface area contributed by atoms with E-state index >= 15 is 0 Å². The van der Waals surface area contributed by atoms with Gasteiger partial charge in [0.15, 0.2) is 23.7 Å². The second kappa shape index (κ2) is 11.6. The summed E-state index contributed by atoms with van der Waals surface area (Å²) in [6.07, 6.45) is -4.80. The topological polar surface area (TPSA) is 133 Å². The van der Waals surface area contributed by atoms with E-state index in [-0.39, 0.29) is 12.4 Å². The fourth-order valence-electron chi connectivity index (χ4n) is 5.14. The Labute approximate surface area is 225 Å². The first-order valence-electron chi connectivity index (χ1n) is 12.4. The fourth-order valence-corrected chi connectivity index (χ4v) is 5.14. The van der Waals surface area contributed by atoms with Gasteiger partial charge in [0, 0.05) is 32.6 Å². The number of fused-ring (bicyclic) bond motifs is 1. The Bertz CT molecular complexity index is 1240. The summed E-state index contributed by atoms with van der Waals surface area (Å²) in [6, 6.07) is 11.7. The summed E-state index contributed by atoms with van der Waals surface area (Å²) in [5.74, 6) is -2.88. The van der Waals surface area contributed by atoms with Gasteiger partial charge in [0.05, 0.1) is 12.7 Å². The molecule has 208 valence electrons. The van der Waals surface area contributed by atoms with Crippen LogP contribution in [0.2, 0.25) is 0 Å².